The Hall–Kier alpha value is -1.20. The highest BCUT2D eigenvalue weighted by Gasteiger charge is 2.41. The number of aliphatic hydroxyl groups is 2. The Labute approximate surface area is 100 Å². The predicted molar refractivity (Wildman–Crippen MR) is 60.1 cm³/mol. The van der Waals surface area contributed by atoms with E-state index in [0.717, 1.165) is 0 Å². The number of ketones is 1. The maximum Gasteiger partial charge on any atom is 0.303 e. The third-order valence-corrected chi connectivity index (χ3v) is 2.94. The van der Waals surface area contributed by atoms with Crippen molar-refractivity contribution in [2.24, 2.45) is 11.8 Å². The second-order valence-corrected chi connectivity index (χ2v) is 4.55. The minimum absolute atomic E-state index is 0.0187. The standard InChI is InChI=1S/C12H18O5/c1-6(2)10-9(17-7(3)14)4-8(5-13)11(15)12(10)16/h4,6,9-10,12-13,16H,5H2,1-3H3. The van der Waals surface area contributed by atoms with E-state index in [2.05, 4.69) is 0 Å². The van der Waals surface area contributed by atoms with E-state index in [4.69, 9.17) is 9.84 Å². The fourth-order valence-corrected chi connectivity index (χ4v) is 2.11. The first-order chi connectivity index (χ1) is 7.88. The minimum Gasteiger partial charge on any atom is -0.458 e. The largest absolute Gasteiger partial charge is 0.458 e. The van der Waals surface area contributed by atoms with E-state index < -0.39 is 36.5 Å². The molecule has 2 N–H and O–H groups in total. The summed E-state index contributed by atoms with van der Waals surface area (Å²) in [6, 6.07) is 0. The molecule has 1 aliphatic carbocycles. The number of esters is 1. The Bertz CT molecular complexity index is 345. The van der Waals surface area contributed by atoms with Crippen LogP contribution >= 0.6 is 0 Å². The average Bonchev–Trinajstić information content (AvgIpc) is 2.21. The van der Waals surface area contributed by atoms with Gasteiger partial charge in [-0.05, 0) is 12.0 Å². The molecular formula is C12H18O5. The van der Waals surface area contributed by atoms with Crippen LogP contribution in [0.3, 0.4) is 0 Å². The summed E-state index contributed by atoms with van der Waals surface area (Å²) in [5.41, 5.74) is 0.0978. The van der Waals surface area contributed by atoms with Gasteiger partial charge in [-0.15, -0.1) is 0 Å². The summed E-state index contributed by atoms with van der Waals surface area (Å²) >= 11 is 0. The number of carbonyl (C=O) groups is 2. The van der Waals surface area contributed by atoms with Gasteiger partial charge >= 0.3 is 5.97 Å². The van der Waals surface area contributed by atoms with Gasteiger partial charge in [0.25, 0.3) is 0 Å². The lowest BCUT2D eigenvalue weighted by Gasteiger charge is -2.34. The van der Waals surface area contributed by atoms with Crippen LogP contribution in [-0.4, -0.2) is 40.8 Å². The Kier molecular flexibility index (Phi) is 4.42. The molecule has 0 fully saturated rings. The third-order valence-electron chi connectivity index (χ3n) is 2.94. The van der Waals surface area contributed by atoms with Gasteiger partial charge < -0.3 is 14.9 Å². The minimum atomic E-state index is -1.23. The zero-order valence-corrected chi connectivity index (χ0v) is 10.2. The first kappa shape index (κ1) is 13.9. The number of hydrogen-bond acceptors (Lipinski definition) is 5. The van der Waals surface area contributed by atoms with Crippen LogP contribution in [-0.2, 0) is 14.3 Å². The van der Waals surface area contributed by atoms with E-state index in [9.17, 15) is 14.7 Å². The molecule has 0 saturated carbocycles. The van der Waals surface area contributed by atoms with Crippen LogP contribution in [0.25, 0.3) is 0 Å². The molecule has 0 aromatic heterocycles. The highest BCUT2D eigenvalue weighted by Crippen LogP contribution is 2.30. The van der Waals surface area contributed by atoms with E-state index in [1.807, 2.05) is 13.8 Å². The molecule has 0 saturated heterocycles. The maximum absolute atomic E-state index is 11.7. The second-order valence-electron chi connectivity index (χ2n) is 4.55. The van der Waals surface area contributed by atoms with Crippen molar-refractivity contribution in [2.75, 3.05) is 6.61 Å². The van der Waals surface area contributed by atoms with Crippen molar-refractivity contribution in [3.05, 3.63) is 11.6 Å². The summed E-state index contributed by atoms with van der Waals surface area (Å²) in [7, 11) is 0. The number of ether oxygens (including phenoxy) is 1. The molecular weight excluding hydrogens is 224 g/mol. The van der Waals surface area contributed by atoms with E-state index in [-0.39, 0.29) is 11.5 Å². The molecule has 0 spiro atoms. The van der Waals surface area contributed by atoms with Gasteiger partial charge in [0.15, 0.2) is 5.78 Å². The van der Waals surface area contributed by atoms with Gasteiger partial charge in [-0.3, -0.25) is 9.59 Å². The summed E-state index contributed by atoms with van der Waals surface area (Å²) in [6.45, 7) is 4.50. The van der Waals surface area contributed by atoms with Crippen molar-refractivity contribution < 1.29 is 24.5 Å². The van der Waals surface area contributed by atoms with Crippen molar-refractivity contribution in [2.45, 2.75) is 33.0 Å². The quantitative estimate of drug-likeness (QED) is 0.683. The molecule has 1 rings (SSSR count). The van der Waals surface area contributed by atoms with Crippen LogP contribution in [0.2, 0.25) is 0 Å². The normalized spacial score (nSPS) is 29.2. The molecule has 1 aliphatic rings. The lowest BCUT2D eigenvalue weighted by atomic mass is 9.77. The molecule has 0 bridgehead atoms. The van der Waals surface area contributed by atoms with Crippen LogP contribution in [0, 0.1) is 11.8 Å². The number of aliphatic hydroxyl groups excluding tert-OH is 2. The van der Waals surface area contributed by atoms with Gasteiger partial charge in [0.1, 0.15) is 12.2 Å². The van der Waals surface area contributed by atoms with Crippen LogP contribution < -0.4 is 0 Å². The summed E-state index contributed by atoms with van der Waals surface area (Å²) in [5.74, 6) is -1.46. The molecule has 96 valence electrons. The number of Topliss-reactive ketones (excluding diaryl/α,β-unsaturated/α-hetero) is 1. The summed E-state index contributed by atoms with van der Waals surface area (Å²) in [5, 5.41) is 18.9. The van der Waals surface area contributed by atoms with Crippen molar-refractivity contribution in [1.82, 2.24) is 0 Å². The molecule has 5 nitrogen and oxygen atoms in total. The van der Waals surface area contributed by atoms with E-state index in [0.29, 0.717) is 0 Å². The van der Waals surface area contributed by atoms with Gasteiger partial charge in [-0.2, -0.15) is 0 Å². The molecule has 5 heteroatoms. The van der Waals surface area contributed by atoms with Crippen LogP contribution in [0.15, 0.2) is 11.6 Å². The van der Waals surface area contributed by atoms with Crippen molar-refractivity contribution in [3.8, 4) is 0 Å². The Morgan fingerprint density at radius 1 is 1.53 bits per heavy atom. The summed E-state index contributed by atoms with van der Waals surface area (Å²) in [6.07, 6.45) is -0.463. The first-order valence-corrected chi connectivity index (χ1v) is 5.59. The second kappa shape index (κ2) is 5.42. The molecule has 0 aromatic carbocycles. The van der Waals surface area contributed by atoms with E-state index >= 15 is 0 Å². The fraction of sp³-hybridized carbons (Fsp3) is 0.667. The van der Waals surface area contributed by atoms with E-state index in [1.165, 1.54) is 13.0 Å². The predicted octanol–water partition coefficient (Wildman–Crippen LogP) is 0.0526. The van der Waals surface area contributed by atoms with Crippen molar-refractivity contribution >= 4 is 11.8 Å². The molecule has 3 atom stereocenters. The highest BCUT2D eigenvalue weighted by molar-refractivity contribution is 6.00. The molecule has 0 aliphatic heterocycles. The van der Waals surface area contributed by atoms with Crippen LogP contribution in [0.4, 0.5) is 0 Å². The SMILES string of the molecule is CC(=O)OC1C=C(CO)C(=O)C(O)C1C(C)C. The Morgan fingerprint density at radius 2 is 2.12 bits per heavy atom. The molecule has 0 heterocycles. The Morgan fingerprint density at radius 3 is 2.53 bits per heavy atom. The topological polar surface area (TPSA) is 83.8 Å². The van der Waals surface area contributed by atoms with Gasteiger partial charge in [0, 0.05) is 18.4 Å². The lowest BCUT2D eigenvalue weighted by molar-refractivity contribution is -0.153. The molecule has 0 radical (unpaired) electrons. The van der Waals surface area contributed by atoms with E-state index in [1.54, 1.807) is 0 Å². The van der Waals surface area contributed by atoms with Gasteiger partial charge in [0.05, 0.1) is 6.61 Å². The van der Waals surface area contributed by atoms with Crippen LogP contribution in [0.1, 0.15) is 20.8 Å². The number of carbonyl (C=O) groups excluding carboxylic acids is 2. The summed E-state index contributed by atoms with van der Waals surface area (Å²) < 4.78 is 5.08. The fourth-order valence-electron chi connectivity index (χ4n) is 2.11. The van der Waals surface area contributed by atoms with Gasteiger partial charge in [-0.1, -0.05) is 13.8 Å². The maximum atomic E-state index is 11.7. The molecule has 0 amide bonds. The van der Waals surface area contributed by atoms with Crippen LogP contribution in [0.5, 0.6) is 0 Å². The zero-order valence-electron chi connectivity index (χ0n) is 10.2. The highest BCUT2D eigenvalue weighted by atomic mass is 16.5. The molecule has 0 aromatic rings. The van der Waals surface area contributed by atoms with Gasteiger partial charge in [0.2, 0.25) is 0 Å². The van der Waals surface area contributed by atoms with Crippen molar-refractivity contribution in [1.29, 1.82) is 0 Å². The first-order valence-electron chi connectivity index (χ1n) is 5.59. The van der Waals surface area contributed by atoms with Crippen molar-refractivity contribution in [3.63, 3.8) is 0 Å². The zero-order chi connectivity index (χ0) is 13.2. The number of rotatable bonds is 3. The molecule has 17 heavy (non-hydrogen) atoms. The summed E-state index contributed by atoms with van der Waals surface area (Å²) in [4.78, 5) is 22.7. The average molecular weight is 242 g/mol. The lowest BCUT2D eigenvalue weighted by Crippen LogP contribution is -2.46. The monoisotopic (exact) mass is 242 g/mol. The third kappa shape index (κ3) is 2.92. The van der Waals surface area contributed by atoms with Gasteiger partial charge in [-0.25, -0.2) is 0 Å². The number of hydrogen-bond donors (Lipinski definition) is 2. The smallest absolute Gasteiger partial charge is 0.303 e. The Balaban J connectivity index is 3.06. The molecule has 3 unspecified atom stereocenters.